The summed E-state index contributed by atoms with van der Waals surface area (Å²) in [5.74, 6) is -0.627. The van der Waals surface area contributed by atoms with Crippen LogP contribution in [-0.2, 0) is 65.4 Å². The molecule has 0 saturated carbocycles. The number of esters is 4. The Morgan fingerprint density at radius 3 is 0.680 bits per heavy atom. The van der Waals surface area contributed by atoms with E-state index >= 15 is 0 Å². The van der Waals surface area contributed by atoms with Crippen LogP contribution in [0.4, 0.5) is 0 Å². The number of phosphoric ester groups is 2. The van der Waals surface area contributed by atoms with E-state index in [1.165, 1.54) is 238 Å². The average Bonchev–Trinajstić information content (AvgIpc) is 0.931. The van der Waals surface area contributed by atoms with Crippen LogP contribution in [-0.4, -0.2) is 96.7 Å². The number of phosphoric acid groups is 2. The van der Waals surface area contributed by atoms with E-state index in [0.717, 1.165) is 102 Å². The zero-order valence-electron chi connectivity index (χ0n) is 65.5. The summed E-state index contributed by atoms with van der Waals surface area (Å²) >= 11 is 0. The maximum absolute atomic E-state index is 13.1. The van der Waals surface area contributed by atoms with Crippen molar-refractivity contribution in [1.29, 1.82) is 0 Å². The molecule has 0 spiro atoms. The zero-order chi connectivity index (χ0) is 73.5. The van der Waals surface area contributed by atoms with Gasteiger partial charge in [-0.05, 0) is 37.5 Å². The monoisotopic (exact) mass is 1470 g/mol. The molecule has 0 aliphatic carbocycles. The van der Waals surface area contributed by atoms with Crippen molar-refractivity contribution < 1.29 is 80.2 Å². The summed E-state index contributed by atoms with van der Waals surface area (Å²) in [6.45, 7) is 9.59. The van der Waals surface area contributed by atoms with Crippen LogP contribution in [0, 0.1) is 11.8 Å². The van der Waals surface area contributed by atoms with Gasteiger partial charge >= 0.3 is 39.5 Å². The molecule has 0 amide bonds. The van der Waals surface area contributed by atoms with Gasteiger partial charge in [0.2, 0.25) is 0 Å². The minimum absolute atomic E-state index is 0.106. The van der Waals surface area contributed by atoms with Crippen molar-refractivity contribution in [2.45, 2.75) is 445 Å². The third kappa shape index (κ3) is 74.3. The summed E-state index contributed by atoms with van der Waals surface area (Å²) in [4.78, 5) is 73.0. The second-order valence-corrected chi connectivity index (χ2v) is 33.0. The Morgan fingerprint density at radius 1 is 0.270 bits per heavy atom. The van der Waals surface area contributed by atoms with Gasteiger partial charge in [0.05, 0.1) is 26.4 Å². The molecule has 2 unspecified atom stereocenters. The highest BCUT2D eigenvalue weighted by Gasteiger charge is 2.30. The summed E-state index contributed by atoms with van der Waals surface area (Å²) in [6, 6.07) is 0. The largest absolute Gasteiger partial charge is 0.472 e. The molecule has 594 valence electrons. The van der Waals surface area contributed by atoms with E-state index in [1.807, 2.05) is 0 Å². The third-order valence-electron chi connectivity index (χ3n) is 19.0. The molecule has 0 heterocycles. The number of aliphatic hydroxyl groups is 1. The highest BCUT2D eigenvalue weighted by atomic mass is 31.2. The van der Waals surface area contributed by atoms with E-state index in [0.29, 0.717) is 31.6 Å². The Balaban J connectivity index is 5.24. The van der Waals surface area contributed by atoms with Crippen molar-refractivity contribution in [3.05, 3.63) is 0 Å². The fourth-order valence-corrected chi connectivity index (χ4v) is 14.1. The van der Waals surface area contributed by atoms with E-state index in [-0.39, 0.29) is 25.7 Å². The molecule has 0 aliphatic heterocycles. The van der Waals surface area contributed by atoms with Crippen LogP contribution < -0.4 is 0 Å². The Bertz CT molecular complexity index is 1920. The lowest BCUT2D eigenvalue weighted by molar-refractivity contribution is -0.161. The fraction of sp³-hybridized carbons (Fsp3) is 0.951. The molecule has 0 aromatic carbocycles. The van der Waals surface area contributed by atoms with Gasteiger partial charge < -0.3 is 33.8 Å². The number of aliphatic hydroxyl groups excluding tert-OH is 1. The number of unbranched alkanes of at least 4 members (excludes halogenated alkanes) is 50. The number of ether oxygens (including phenoxy) is 4. The Kier molecular flexibility index (Phi) is 71.2. The summed E-state index contributed by atoms with van der Waals surface area (Å²) in [7, 11) is -9.92. The number of hydrogen-bond acceptors (Lipinski definition) is 15. The Hall–Kier alpha value is -1.94. The van der Waals surface area contributed by atoms with Crippen LogP contribution >= 0.6 is 15.6 Å². The van der Waals surface area contributed by atoms with Gasteiger partial charge in [0.25, 0.3) is 0 Å². The van der Waals surface area contributed by atoms with Crippen LogP contribution in [0.1, 0.15) is 427 Å². The maximum atomic E-state index is 13.1. The maximum Gasteiger partial charge on any atom is 0.472 e. The highest BCUT2D eigenvalue weighted by Crippen LogP contribution is 2.45. The topological polar surface area (TPSA) is 237 Å². The van der Waals surface area contributed by atoms with Crippen LogP contribution in [0.15, 0.2) is 0 Å². The lowest BCUT2D eigenvalue weighted by Crippen LogP contribution is -2.30. The first-order chi connectivity index (χ1) is 48.4. The quantitative estimate of drug-likeness (QED) is 0.0222. The number of carbonyl (C=O) groups is 4. The van der Waals surface area contributed by atoms with Crippen LogP contribution in [0.25, 0.3) is 0 Å². The van der Waals surface area contributed by atoms with Crippen LogP contribution in [0.3, 0.4) is 0 Å². The molecule has 0 rings (SSSR count). The standard InChI is InChI=1S/C81H158O17P2/c1-7-9-11-13-15-17-19-21-23-25-27-29-31-36-40-46-53-59-65-80(85)97-76(69-91-78(83)63-57-51-45-39-35-30-28-26-24-22-20-18-16-14-12-10-8-2)71-95-99(87,88)93-67-75(82)68-94-100(89,90)96-72-77(70-92-79(84)64-58-52-48-42-44-50-56-62-74(5)6)98-81(86)66-60-54-47-41-37-33-32-34-38-43-49-55-61-73(3)4/h73-77,82H,7-72H2,1-6H3,(H,87,88)(H,89,90)/t75-,76-,77-/m1/s1. The van der Waals surface area contributed by atoms with Gasteiger partial charge in [-0.15, -0.1) is 0 Å². The first-order valence-corrected chi connectivity index (χ1v) is 45.0. The van der Waals surface area contributed by atoms with Crippen LogP contribution in [0.2, 0.25) is 0 Å². The SMILES string of the molecule is CCCCCCCCCCCCCCCCCCCCC(=O)O[C@H](COC(=O)CCCCCCCCCCCCCCCCCCC)COP(=O)(O)OC[C@@H](O)COP(=O)(O)OC[C@@H](COC(=O)CCCCCCCCCC(C)C)OC(=O)CCCCCCCCCCCCCCC(C)C. The van der Waals surface area contributed by atoms with Gasteiger partial charge in [-0.25, -0.2) is 9.13 Å². The molecule has 100 heavy (non-hydrogen) atoms. The predicted molar refractivity (Wildman–Crippen MR) is 409 cm³/mol. The molecule has 5 atom stereocenters. The van der Waals surface area contributed by atoms with Crippen molar-refractivity contribution in [2.75, 3.05) is 39.6 Å². The van der Waals surface area contributed by atoms with Gasteiger partial charge in [-0.3, -0.25) is 37.3 Å². The normalized spacial score (nSPS) is 13.9. The summed E-state index contributed by atoms with van der Waals surface area (Å²) in [6.07, 6.45) is 62.5. The second kappa shape index (κ2) is 72.6. The zero-order valence-corrected chi connectivity index (χ0v) is 67.3. The van der Waals surface area contributed by atoms with Gasteiger partial charge in [-0.1, -0.05) is 375 Å². The molecule has 0 saturated heterocycles. The molecule has 0 aliphatic rings. The molecule has 3 N–H and O–H groups in total. The smallest absolute Gasteiger partial charge is 0.462 e. The van der Waals surface area contributed by atoms with E-state index in [4.69, 9.17) is 37.0 Å². The van der Waals surface area contributed by atoms with Crippen molar-refractivity contribution in [3.63, 3.8) is 0 Å². The average molecular weight is 1470 g/mol. The summed E-state index contributed by atoms with van der Waals surface area (Å²) < 4.78 is 68.7. The highest BCUT2D eigenvalue weighted by molar-refractivity contribution is 7.47. The van der Waals surface area contributed by atoms with Crippen molar-refractivity contribution >= 4 is 39.5 Å². The Morgan fingerprint density at radius 2 is 0.460 bits per heavy atom. The van der Waals surface area contributed by atoms with Gasteiger partial charge in [0, 0.05) is 25.7 Å². The fourth-order valence-electron chi connectivity index (χ4n) is 12.5. The van der Waals surface area contributed by atoms with E-state index in [1.54, 1.807) is 0 Å². The van der Waals surface area contributed by atoms with E-state index in [2.05, 4.69) is 41.5 Å². The molecule has 19 heteroatoms. The van der Waals surface area contributed by atoms with Crippen LogP contribution in [0.5, 0.6) is 0 Å². The van der Waals surface area contributed by atoms with E-state index < -0.39 is 97.5 Å². The van der Waals surface area contributed by atoms with Gasteiger partial charge in [-0.2, -0.15) is 0 Å². The summed E-state index contributed by atoms with van der Waals surface area (Å²) in [5, 5.41) is 10.6. The molecule has 0 aromatic heterocycles. The van der Waals surface area contributed by atoms with Crippen molar-refractivity contribution in [3.8, 4) is 0 Å². The van der Waals surface area contributed by atoms with E-state index in [9.17, 15) is 43.2 Å². The molecule has 0 aromatic rings. The minimum Gasteiger partial charge on any atom is -0.462 e. The van der Waals surface area contributed by atoms with Gasteiger partial charge in [0.1, 0.15) is 19.3 Å². The molecule has 0 bridgehead atoms. The van der Waals surface area contributed by atoms with Gasteiger partial charge in [0.15, 0.2) is 12.2 Å². The third-order valence-corrected chi connectivity index (χ3v) is 20.9. The molecule has 17 nitrogen and oxygen atoms in total. The first kappa shape index (κ1) is 98.1. The number of rotatable bonds is 80. The molecular weight excluding hydrogens is 1310 g/mol. The second-order valence-electron chi connectivity index (χ2n) is 30.1. The predicted octanol–water partition coefficient (Wildman–Crippen LogP) is 24.3. The number of hydrogen-bond donors (Lipinski definition) is 3. The summed E-state index contributed by atoms with van der Waals surface area (Å²) in [5.41, 5.74) is 0. The first-order valence-electron chi connectivity index (χ1n) is 42.0. The Labute approximate surface area is 613 Å². The molecular formula is C81H158O17P2. The number of carbonyl (C=O) groups excluding carboxylic acids is 4. The van der Waals surface area contributed by atoms with Crippen molar-refractivity contribution in [2.24, 2.45) is 11.8 Å². The molecule has 0 fully saturated rings. The lowest BCUT2D eigenvalue weighted by atomic mass is 10.0. The lowest BCUT2D eigenvalue weighted by Gasteiger charge is -2.21. The molecule has 0 radical (unpaired) electrons. The minimum atomic E-state index is -4.96. The van der Waals surface area contributed by atoms with Crippen molar-refractivity contribution in [1.82, 2.24) is 0 Å².